The van der Waals surface area contributed by atoms with Gasteiger partial charge in [0.05, 0.1) is 17.2 Å². The number of nitrogens with zero attached hydrogens (tertiary/aromatic N) is 1. The molecule has 0 spiro atoms. The minimum Gasteiger partial charge on any atom is -0.462 e. The molecule has 1 aromatic carbocycles. The third kappa shape index (κ3) is 4.43. The number of carbonyl (C=O) groups is 1. The fourth-order valence-electron chi connectivity index (χ4n) is 1.95. The van der Waals surface area contributed by atoms with Gasteiger partial charge in [0.1, 0.15) is 23.2 Å². The van der Waals surface area contributed by atoms with Crippen LogP contribution in [0, 0.1) is 11.3 Å². The van der Waals surface area contributed by atoms with E-state index in [0.717, 1.165) is 24.3 Å². The Morgan fingerprint density at radius 1 is 1.36 bits per heavy atom. The minimum atomic E-state index is -4.52. The smallest absolute Gasteiger partial charge is 0.416 e. The molecule has 0 aliphatic carbocycles. The molecule has 130 valence electrons. The first-order chi connectivity index (χ1) is 11.8. The quantitative estimate of drug-likeness (QED) is 0.428. The van der Waals surface area contributed by atoms with Gasteiger partial charge in [-0.3, -0.25) is 0 Å². The maximum Gasteiger partial charge on any atom is 0.416 e. The molecule has 2 rings (SSSR count). The van der Waals surface area contributed by atoms with Crippen molar-refractivity contribution in [3.63, 3.8) is 0 Å². The lowest BCUT2D eigenvalue weighted by Gasteiger charge is -2.09. The number of halogens is 4. The number of carbonyl (C=O) groups excluding carboxylic acids is 1. The van der Waals surface area contributed by atoms with Crippen molar-refractivity contribution in [1.82, 2.24) is 0 Å². The molecule has 2 aromatic rings. The van der Waals surface area contributed by atoms with E-state index in [4.69, 9.17) is 26.0 Å². The van der Waals surface area contributed by atoms with Crippen molar-refractivity contribution in [2.75, 3.05) is 6.61 Å². The van der Waals surface area contributed by atoms with E-state index in [1.165, 1.54) is 12.1 Å². The number of benzene rings is 1. The van der Waals surface area contributed by atoms with E-state index >= 15 is 0 Å². The van der Waals surface area contributed by atoms with Crippen molar-refractivity contribution in [1.29, 1.82) is 5.26 Å². The predicted octanol–water partition coefficient (Wildman–Crippen LogP) is 5.09. The second kappa shape index (κ2) is 7.45. The monoisotopic (exact) mass is 369 g/mol. The Hall–Kier alpha value is -2.72. The highest BCUT2D eigenvalue weighted by Gasteiger charge is 2.31. The fraction of sp³-hybridized carbons (Fsp3) is 0.176. The summed E-state index contributed by atoms with van der Waals surface area (Å²) >= 11 is 5.95. The van der Waals surface area contributed by atoms with Crippen molar-refractivity contribution in [3.05, 3.63) is 52.3 Å². The van der Waals surface area contributed by atoms with Gasteiger partial charge >= 0.3 is 12.1 Å². The van der Waals surface area contributed by atoms with Gasteiger partial charge in [0.15, 0.2) is 0 Å². The van der Waals surface area contributed by atoms with Crippen LogP contribution in [0.2, 0.25) is 5.02 Å². The van der Waals surface area contributed by atoms with Gasteiger partial charge < -0.3 is 9.15 Å². The highest BCUT2D eigenvalue weighted by molar-refractivity contribution is 6.33. The molecule has 0 aliphatic heterocycles. The van der Waals surface area contributed by atoms with Crippen LogP contribution in [0.1, 0.15) is 18.2 Å². The molecule has 0 saturated carbocycles. The second-order valence-electron chi connectivity index (χ2n) is 4.78. The van der Waals surface area contributed by atoms with Crippen LogP contribution in [-0.4, -0.2) is 12.6 Å². The van der Waals surface area contributed by atoms with Gasteiger partial charge in [0.2, 0.25) is 0 Å². The van der Waals surface area contributed by atoms with E-state index in [2.05, 4.69) is 0 Å². The van der Waals surface area contributed by atoms with Crippen LogP contribution in [0.15, 0.2) is 40.3 Å². The lowest BCUT2D eigenvalue weighted by molar-refractivity contribution is -0.138. The Kier molecular flexibility index (Phi) is 5.55. The Morgan fingerprint density at radius 2 is 2.08 bits per heavy atom. The van der Waals surface area contributed by atoms with Gasteiger partial charge in [0, 0.05) is 11.6 Å². The zero-order valence-corrected chi connectivity index (χ0v) is 13.6. The van der Waals surface area contributed by atoms with Crippen molar-refractivity contribution in [3.8, 4) is 17.4 Å². The van der Waals surface area contributed by atoms with Crippen LogP contribution in [0.3, 0.4) is 0 Å². The molecule has 0 amide bonds. The van der Waals surface area contributed by atoms with Gasteiger partial charge in [-0.05, 0) is 37.3 Å². The number of alkyl halides is 3. The van der Waals surface area contributed by atoms with Crippen molar-refractivity contribution in [2.24, 2.45) is 0 Å². The van der Waals surface area contributed by atoms with Crippen LogP contribution >= 0.6 is 11.6 Å². The van der Waals surface area contributed by atoms with Gasteiger partial charge in [0.25, 0.3) is 0 Å². The average molecular weight is 370 g/mol. The van der Waals surface area contributed by atoms with E-state index < -0.39 is 17.7 Å². The molecule has 25 heavy (non-hydrogen) atoms. The summed E-state index contributed by atoms with van der Waals surface area (Å²) in [5.41, 5.74) is -1.12. The first-order valence-electron chi connectivity index (χ1n) is 7.02. The summed E-state index contributed by atoms with van der Waals surface area (Å²) in [6.45, 7) is 1.69. The first kappa shape index (κ1) is 18.6. The lowest BCUT2D eigenvalue weighted by Crippen LogP contribution is -2.05. The van der Waals surface area contributed by atoms with E-state index in [1.54, 1.807) is 13.0 Å². The Labute approximate surface area is 146 Å². The normalized spacial score (nSPS) is 11.9. The molecule has 8 heteroatoms. The standard InChI is InChI=1S/C17H11ClF3NO3/c1-2-24-16(23)10(9-22)7-12-4-6-15(25-12)13-8-11(17(19,20)21)3-5-14(13)18/h3-8H,2H2,1H3/b10-7+. The van der Waals surface area contributed by atoms with Gasteiger partial charge in [-0.25, -0.2) is 4.79 Å². The molecule has 4 nitrogen and oxygen atoms in total. The van der Waals surface area contributed by atoms with Crippen LogP contribution in [-0.2, 0) is 15.7 Å². The van der Waals surface area contributed by atoms with E-state index in [9.17, 15) is 18.0 Å². The SMILES string of the molecule is CCOC(=O)/C(C#N)=C/c1ccc(-c2cc(C(F)(F)F)ccc2Cl)o1. The predicted molar refractivity (Wildman–Crippen MR) is 84.4 cm³/mol. The number of hydrogen-bond acceptors (Lipinski definition) is 4. The molecule has 1 heterocycles. The van der Waals surface area contributed by atoms with Crippen molar-refractivity contribution in [2.45, 2.75) is 13.1 Å². The molecule has 0 radical (unpaired) electrons. The van der Waals surface area contributed by atoms with Gasteiger partial charge in [-0.1, -0.05) is 11.6 Å². The van der Waals surface area contributed by atoms with Crippen molar-refractivity contribution < 1.29 is 27.1 Å². The summed E-state index contributed by atoms with van der Waals surface area (Å²) in [5.74, 6) is -0.642. The molecule has 1 aromatic heterocycles. The Balaban J connectivity index is 2.39. The Bertz CT molecular complexity index is 863. The third-order valence-electron chi connectivity index (χ3n) is 3.09. The lowest BCUT2D eigenvalue weighted by atomic mass is 10.1. The highest BCUT2D eigenvalue weighted by atomic mass is 35.5. The molecule has 0 atom stereocenters. The van der Waals surface area contributed by atoms with Crippen LogP contribution in [0.25, 0.3) is 17.4 Å². The number of ether oxygens (including phenoxy) is 1. The minimum absolute atomic E-state index is 0.0470. The zero-order chi connectivity index (χ0) is 18.6. The molecule has 0 aliphatic rings. The van der Waals surface area contributed by atoms with Gasteiger partial charge in [-0.2, -0.15) is 18.4 Å². The summed E-state index contributed by atoms with van der Waals surface area (Å²) in [4.78, 5) is 11.6. The second-order valence-corrected chi connectivity index (χ2v) is 5.19. The molecule has 0 unspecified atom stereocenters. The Morgan fingerprint density at radius 3 is 2.68 bits per heavy atom. The summed E-state index contributed by atoms with van der Waals surface area (Å²) < 4.78 is 48.6. The number of hydrogen-bond donors (Lipinski definition) is 0. The summed E-state index contributed by atoms with van der Waals surface area (Å²) in [6, 6.07) is 7.33. The van der Waals surface area contributed by atoms with Gasteiger partial charge in [-0.15, -0.1) is 0 Å². The fourth-order valence-corrected chi connectivity index (χ4v) is 2.16. The maximum absolute atomic E-state index is 12.8. The largest absolute Gasteiger partial charge is 0.462 e. The summed E-state index contributed by atoms with van der Waals surface area (Å²) in [7, 11) is 0. The topological polar surface area (TPSA) is 63.2 Å². The van der Waals surface area contributed by atoms with E-state index in [1.807, 2.05) is 0 Å². The van der Waals surface area contributed by atoms with Crippen molar-refractivity contribution >= 4 is 23.6 Å². The number of rotatable bonds is 4. The summed E-state index contributed by atoms with van der Waals surface area (Å²) in [5, 5.41) is 9.04. The number of furan rings is 1. The maximum atomic E-state index is 12.8. The first-order valence-corrected chi connectivity index (χ1v) is 7.40. The molecule has 0 saturated heterocycles. The molecule has 0 fully saturated rings. The van der Waals surface area contributed by atoms with E-state index in [0.29, 0.717) is 0 Å². The average Bonchev–Trinajstić information content (AvgIpc) is 3.00. The zero-order valence-electron chi connectivity index (χ0n) is 12.9. The number of esters is 1. The van der Waals surface area contributed by atoms with Crippen LogP contribution < -0.4 is 0 Å². The number of nitriles is 1. The molecular weight excluding hydrogens is 359 g/mol. The van der Waals surface area contributed by atoms with E-state index in [-0.39, 0.29) is 34.3 Å². The molecule has 0 bridgehead atoms. The molecular formula is C17H11ClF3NO3. The third-order valence-corrected chi connectivity index (χ3v) is 3.42. The highest BCUT2D eigenvalue weighted by Crippen LogP contribution is 2.36. The van der Waals surface area contributed by atoms with Crippen LogP contribution in [0.4, 0.5) is 13.2 Å². The van der Waals surface area contributed by atoms with Crippen LogP contribution in [0.5, 0.6) is 0 Å². The molecule has 0 N–H and O–H groups in total. The summed E-state index contributed by atoms with van der Waals surface area (Å²) in [6.07, 6.45) is -3.38.